The van der Waals surface area contributed by atoms with Gasteiger partial charge in [0.05, 0.1) is 18.1 Å². The fraction of sp³-hybridized carbons (Fsp3) is 0.500. The molecule has 2 rings (SSSR count). The number of hydrogen-bond donors (Lipinski definition) is 1. The molecule has 1 aliphatic rings. The molecule has 98 valence electrons. The summed E-state index contributed by atoms with van der Waals surface area (Å²) >= 11 is 0. The minimum atomic E-state index is -0.729. The quantitative estimate of drug-likeness (QED) is 0.644. The lowest BCUT2D eigenvalue weighted by Crippen LogP contribution is -2.25. The van der Waals surface area contributed by atoms with E-state index in [9.17, 15) is 14.5 Å². The van der Waals surface area contributed by atoms with Gasteiger partial charge in [0.1, 0.15) is 0 Å². The number of nitrogens with zero attached hydrogens (tertiary/aromatic N) is 1. The van der Waals surface area contributed by atoms with E-state index >= 15 is 0 Å². The number of rotatable bonds is 5. The zero-order valence-corrected chi connectivity index (χ0v) is 10.1. The van der Waals surface area contributed by atoms with Crippen LogP contribution in [0.5, 0.6) is 5.75 Å². The highest BCUT2D eigenvalue weighted by Crippen LogP contribution is 2.35. The van der Waals surface area contributed by atoms with Crippen LogP contribution in [0, 0.1) is 21.8 Å². The van der Waals surface area contributed by atoms with Gasteiger partial charge in [0.2, 0.25) is 0 Å². The van der Waals surface area contributed by atoms with Crippen LogP contribution < -0.4 is 10.5 Å². The molecule has 6 heteroatoms. The molecule has 2 N–H and O–H groups in total. The van der Waals surface area contributed by atoms with E-state index in [-0.39, 0.29) is 17.5 Å². The number of ether oxygens (including phenoxy) is 1. The number of hydrogen-bond acceptors (Lipinski definition) is 4. The maximum Gasteiger partial charge on any atom is 0.275 e. The molecular weight excluding hydrogens is 239 g/mol. The number of nitro benzene ring substituents is 1. The van der Waals surface area contributed by atoms with Gasteiger partial charge in [-0.05, 0) is 31.2 Å². The fourth-order valence-corrected chi connectivity index (χ4v) is 2.02. The van der Waals surface area contributed by atoms with Crippen LogP contribution in [0.3, 0.4) is 0 Å². The first-order valence-corrected chi connectivity index (χ1v) is 5.79. The zero-order chi connectivity index (χ0) is 13.3. The molecular formula is C12H15FN2O3. The largest absolute Gasteiger partial charge is 0.494 e. The van der Waals surface area contributed by atoms with Crippen LogP contribution in [0.2, 0.25) is 0 Å². The van der Waals surface area contributed by atoms with Crippen molar-refractivity contribution in [3.63, 3.8) is 0 Å². The van der Waals surface area contributed by atoms with Gasteiger partial charge in [-0.15, -0.1) is 0 Å². The average Bonchev–Trinajstić information content (AvgIpc) is 3.14. The SMILES string of the molecule is COc1cc(CC(N)C2CC2)c([N+](=O)[O-])cc1F. The van der Waals surface area contributed by atoms with Gasteiger partial charge in [0.15, 0.2) is 11.6 Å². The lowest BCUT2D eigenvalue weighted by atomic mass is 10.0. The summed E-state index contributed by atoms with van der Waals surface area (Å²) in [6.07, 6.45) is 2.50. The lowest BCUT2D eigenvalue weighted by Gasteiger charge is -2.12. The smallest absolute Gasteiger partial charge is 0.275 e. The van der Waals surface area contributed by atoms with Gasteiger partial charge in [-0.25, -0.2) is 4.39 Å². The maximum atomic E-state index is 13.4. The molecule has 0 aliphatic heterocycles. The van der Waals surface area contributed by atoms with E-state index in [0.29, 0.717) is 17.9 Å². The summed E-state index contributed by atoms with van der Waals surface area (Å²) in [6, 6.07) is 2.16. The molecule has 0 radical (unpaired) electrons. The summed E-state index contributed by atoms with van der Waals surface area (Å²) in [6.45, 7) is 0. The first-order valence-electron chi connectivity index (χ1n) is 5.79. The van der Waals surface area contributed by atoms with Crippen molar-refractivity contribution in [1.82, 2.24) is 0 Å². The van der Waals surface area contributed by atoms with Crippen molar-refractivity contribution in [2.45, 2.75) is 25.3 Å². The predicted molar refractivity (Wildman–Crippen MR) is 64.0 cm³/mol. The molecule has 1 fully saturated rings. The van der Waals surface area contributed by atoms with Gasteiger partial charge in [0.25, 0.3) is 5.69 Å². The molecule has 1 aromatic carbocycles. The molecule has 0 bridgehead atoms. The maximum absolute atomic E-state index is 13.4. The van der Waals surface area contributed by atoms with Gasteiger partial charge in [-0.1, -0.05) is 0 Å². The highest BCUT2D eigenvalue weighted by Gasteiger charge is 2.30. The topological polar surface area (TPSA) is 78.4 Å². The van der Waals surface area contributed by atoms with Gasteiger partial charge in [-0.2, -0.15) is 0 Å². The standard InChI is InChI=1S/C12H15FN2O3/c1-18-12-5-8(4-10(14)7-2-3-7)11(15(16)17)6-9(12)13/h5-7,10H,2-4,14H2,1H3. The molecule has 0 saturated heterocycles. The van der Waals surface area contributed by atoms with Crippen molar-refractivity contribution in [2.75, 3.05) is 7.11 Å². The third kappa shape index (κ3) is 2.59. The van der Waals surface area contributed by atoms with Gasteiger partial charge in [0, 0.05) is 11.6 Å². The molecule has 5 nitrogen and oxygen atoms in total. The van der Waals surface area contributed by atoms with Crippen molar-refractivity contribution in [2.24, 2.45) is 11.7 Å². The Labute approximate surface area is 104 Å². The number of nitrogens with two attached hydrogens (primary N) is 1. The third-order valence-corrected chi connectivity index (χ3v) is 3.23. The van der Waals surface area contributed by atoms with E-state index in [1.807, 2.05) is 0 Å². The van der Waals surface area contributed by atoms with Crippen LogP contribution in [-0.2, 0) is 6.42 Å². The molecule has 0 spiro atoms. The Bertz CT molecular complexity index is 475. The van der Waals surface area contributed by atoms with Gasteiger partial charge < -0.3 is 10.5 Å². The summed E-state index contributed by atoms with van der Waals surface area (Å²) < 4.78 is 18.3. The lowest BCUT2D eigenvalue weighted by molar-refractivity contribution is -0.385. The summed E-state index contributed by atoms with van der Waals surface area (Å²) in [4.78, 5) is 10.3. The van der Waals surface area contributed by atoms with Crippen LogP contribution in [0.25, 0.3) is 0 Å². The van der Waals surface area contributed by atoms with E-state index in [1.54, 1.807) is 0 Å². The molecule has 0 amide bonds. The van der Waals surface area contributed by atoms with Crippen LogP contribution in [0.4, 0.5) is 10.1 Å². The average molecular weight is 254 g/mol. The molecule has 0 aromatic heterocycles. The summed E-state index contributed by atoms with van der Waals surface area (Å²) in [7, 11) is 1.33. The summed E-state index contributed by atoms with van der Waals surface area (Å²) in [5, 5.41) is 10.9. The summed E-state index contributed by atoms with van der Waals surface area (Å²) in [5.41, 5.74) is 6.15. The second kappa shape index (κ2) is 4.89. The van der Waals surface area contributed by atoms with Crippen molar-refractivity contribution >= 4 is 5.69 Å². The molecule has 1 atom stereocenters. The van der Waals surface area contributed by atoms with E-state index in [2.05, 4.69) is 0 Å². The fourth-order valence-electron chi connectivity index (χ4n) is 2.02. The first-order chi connectivity index (χ1) is 8.52. The molecule has 1 unspecified atom stereocenters. The number of halogens is 1. The van der Waals surface area contributed by atoms with Crippen molar-refractivity contribution < 1.29 is 14.1 Å². The second-order valence-electron chi connectivity index (χ2n) is 4.58. The second-order valence-corrected chi connectivity index (χ2v) is 4.58. The van der Waals surface area contributed by atoms with E-state index in [1.165, 1.54) is 13.2 Å². The number of nitro groups is 1. The van der Waals surface area contributed by atoms with E-state index in [4.69, 9.17) is 10.5 Å². The Hall–Kier alpha value is -1.69. The Kier molecular flexibility index (Phi) is 3.47. The van der Waals surface area contributed by atoms with Crippen LogP contribution >= 0.6 is 0 Å². The van der Waals surface area contributed by atoms with E-state index < -0.39 is 10.7 Å². The number of benzene rings is 1. The monoisotopic (exact) mass is 254 g/mol. The minimum Gasteiger partial charge on any atom is -0.494 e. The third-order valence-electron chi connectivity index (χ3n) is 3.23. The highest BCUT2D eigenvalue weighted by atomic mass is 19.1. The minimum absolute atomic E-state index is 0.0126. The van der Waals surface area contributed by atoms with Crippen molar-refractivity contribution in [1.29, 1.82) is 0 Å². The highest BCUT2D eigenvalue weighted by molar-refractivity contribution is 5.46. The van der Waals surface area contributed by atoms with Crippen molar-refractivity contribution in [3.8, 4) is 5.75 Å². The van der Waals surface area contributed by atoms with Crippen LogP contribution in [0.1, 0.15) is 18.4 Å². The van der Waals surface area contributed by atoms with Gasteiger partial charge >= 0.3 is 0 Å². The Balaban J connectivity index is 2.32. The van der Waals surface area contributed by atoms with E-state index in [0.717, 1.165) is 18.9 Å². The molecule has 1 aromatic rings. The Morgan fingerprint density at radius 1 is 1.61 bits per heavy atom. The molecule has 0 heterocycles. The van der Waals surface area contributed by atoms with Crippen molar-refractivity contribution in [3.05, 3.63) is 33.6 Å². The number of methoxy groups -OCH3 is 1. The molecule has 1 saturated carbocycles. The Morgan fingerprint density at radius 3 is 2.78 bits per heavy atom. The normalized spacial score (nSPS) is 16.4. The first kappa shape index (κ1) is 12.8. The molecule has 1 aliphatic carbocycles. The predicted octanol–water partition coefficient (Wildman–Crippen LogP) is 2.02. The van der Waals surface area contributed by atoms with Crippen LogP contribution in [-0.4, -0.2) is 18.1 Å². The van der Waals surface area contributed by atoms with Crippen LogP contribution in [0.15, 0.2) is 12.1 Å². The Morgan fingerprint density at radius 2 is 2.28 bits per heavy atom. The zero-order valence-electron chi connectivity index (χ0n) is 10.1. The summed E-state index contributed by atoms with van der Waals surface area (Å²) in [5.74, 6) is -0.285. The van der Waals surface area contributed by atoms with Gasteiger partial charge in [-0.3, -0.25) is 10.1 Å². The molecule has 18 heavy (non-hydrogen) atoms.